The molecule has 1 aliphatic heterocycles. The smallest absolute Gasteiger partial charge is 0.338 e. The Morgan fingerprint density at radius 1 is 1.55 bits per heavy atom. The highest BCUT2D eigenvalue weighted by atomic mass is 32.2. The third-order valence-electron chi connectivity index (χ3n) is 3.55. The number of nitrogens with zero attached hydrogens (tertiary/aromatic N) is 1. The van der Waals surface area contributed by atoms with Crippen LogP contribution in [0.25, 0.3) is 0 Å². The first-order valence-corrected chi connectivity index (χ1v) is 7.88. The van der Waals surface area contributed by atoms with E-state index in [-0.39, 0.29) is 0 Å². The van der Waals surface area contributed by atoms with Crippen LogP contribution in [0.4, 0.5) is 5.69 Å². The number of hydrogen-bond donors (Lipinski definition) is 1. The molecule has 0 radical (unpaired) electrons. The maximum Gasteiger partial charge on any atom is 0.338 e. The second-order valence-corrected chi connectivity index (χ2v) is 6.25. The number of methoxy groups -OCH3 is 1. The minimum absolute atomic E-state index is 0.442. The van der Waals surface area contributed by atoms with Gasteiger partial charge in [-0.05, 0) is 24.3 Å². The molecule has 1 unspecified atom stereocenters. The third kappa shape index (κ3) is 3.27. The first kappa shape index (κ1) is 15.2. The summed E-state index contributed by atoms with van der Waals surface area (Å²) in [6.45, 7) is 4.54. The van der Waals surface area contributed by atoms with Crippen LogP contribution in [0.5, 0.6) is 0 Å². The van der Waals surface area contributed by atoms with Crippen molar-refractivity contribution < 1.29 is 14.6 Å². The third-order valence-corrected chi connectivity index (χ3v) is 4.49. The molecule has 1 aromatic carbocycles. The standard InChI is InChI=1S/C15H21NO3S/c1-3-20-13-6-4-5-12(14(13)15(17)18)16-8-7-11(9-16)10-19-2/h4-6,11H,3,7-10H2,1-2H3,(H,17,18). The monoisotopic (exact) mass is 295 g/mol. The molecule has 5 heteroatoms. The molecule has 0 amide bonds. The molecule has 0 bridgehead atoms. The molecule has 1 aliphatic rings. The summed E-state index contributed by atoms with van der Waals surface area (Å²) in [5.74, 6) is 0.520. The predicted octanol–water partition coefficient (Wildman–Crippen LogP) is 2.97. The van der Waals surface area contributed by atoms with Crippen LogP contribution < -0.4 is 4.90 Å². The Hall–Kier alpha value is -1.20. The quantitative estimate of drug-likeness (QED) is 0.818. The normalized spacial score (nSPS) is 18.5. The molecule has 4 nitrogen and oxygen atoms in total. The second kappa shape index (κ2) is 6.99. The van der Waals surface area contributed by atoms with Crippen LogP contribution in [0.2, 0.25) is 0 Å². The van der Waals surface area contributed by atoms with Gasteiger partial charge in [-0.25, -0.2) is 4.79 Å². The molecule has 2 rings (SSSR count). The molecule has 0 aliphatic carbocycles. The lowest BCUT2D eigenvalue weighted by Gasteiger charge is -2.22. The predicted molar refractivity (Wildman–Crippen MR) is 82.0 cm³/mol. The average Bonchev–Trinajstić information content (AvgIpc) is 2.87. The highest BCUT2D eigenvalue weighted by Crippen LogP contribution is 2.33. The number of benzene rings is 1. The summed E-state index contributed by atoms with van der Waals surface area (Å²) in [5, 5.41) is 9.54. The summed E-state index contributed by atoms with van der Waals surface area (Å²) in [5.41, 5.74) is 1.28. The molecule has 20 heavy (non-hydrogen) atoms. The van der Waals surface area contributed by atoms with E-state index in [9.17, 15) is 9.90 Å². The van der Waals surface area contributed by atoms with Gasteiger partial charge in [-0.3, -0.25) is 0 Å². The van der Waals surface area contributed by atoms with Gasteiger partial charge in [0, 0.05) is 31.0 Å². The molecule has 1 heterocycles. The minimum atomic E-state index is -0.841. The lowest BCUT2D eigenvalue weighted by atomic mass is 10.1. The fourth-order valence-corrected chi connectivity index (χ4v) is 3.52. The van der Waals surface area contributed by atoms with Crippen LogP contribution in [0, 0.1) is 5.92 Å². The highest BCUT2D eigenvalue weighted by molar-refractivity contribution is 7.99. The molecule has 1 aromatic rings. The summed E-state index contributed by atoms with van der Waals surface area (Å²) < 4.78 is 5.20. The van der Waals surface area contributed by atoms with E-state index in [0.717, 1.165) is 42.5 Å². The van der Waals surface area contributed by atoms with Crippen LogP contribution >= 0.6 is 11.8 Å². The summed E-state index contributed by atoms with van der Waals surface area (Å²) in [4.78, 5) is 14.6. The van der Waals surface area contributed by atoms with Crippen LogP contribution in [0.1, 0.15) is 23.7 Å². The summed E-state index contributed by atoms with van der Waals surface area (Å²) >= 11 is 1.58. The summed E-state index contributed by atoms with van der Waals surface area (Å²) in [6, 6.07) is 5.76. The van der Waals surface area contributed by atoms with E-state index in [1.54, 1.807) is 18.9 Å². The van der Waals surface area contributed by atoms with Crippen LogP contribution in [0.15, 0.2) is 23.1 Å². The number of thioether (sulfide) groups is 1. The Bertz CT molecular complexity index is 478. The largest absolute Gasteiger partial charge is 0.478 e. The Labute approximate surface area is 124 Å². The second-order valence-electron chi connectivity index (χ2n) is 4.94. The topological polar surface area (TPSA) is 49.8 Å². The molecule has 0 spiro atoms. The first-order chi connectivity index (χ1) is 9.67. The molecule has 1 atom stereocenters. The Morgan fingerprint density at radius 3 is 3.00 bits per heavy atom. The Morgan fingerprint density at radius 2 is 2.35 bits per heavy atom. The van der Waals surface area contributed by atoms with Gasteiger partial charge in [0.1, 0.15) is 0 Å². The molecule has 1 N–H and O–H groups in total. The molecule has 1 saturated heterocycles. The minimum Gasteiger partial charge on any atom is -0.478 e. The van der Waals surface area contributed by atoms with Crippen molar-refractivity contribution in [3.63, 3.8) is 0 Å². The van der Waals surface area contributed by atoms with Crippen molar-refractivity contribution in [2.45, 2.75) is 18.2 Å². The van der Waals surface area contributed by atoms with Gasteiger partial charge < -0.3 is 14.7 Å². The van der Waals surface area contributed by atoms with E-state index in [2.05, 4.69) is 4.90 Å². The number of carboxylic acid groups (broad SMARTS) is 1. The van der Waals surface area contributed by atoms with E-state index >= 15 is 0 Å². The zero-order valence-electron chi connectivity index (χ0n) is 12.0. The van der Waals surface area contributed by atoms with E-state index in [0.29, 0.717) is 11.5 Å². The number of rotatable bonds is 6. The highest BCUT2D eigenvalue weighted by Gasteiger charge is 2.27. The van der Waals surface area contributed by atoms with E-state index in [4.69, 9.17) is 4.74 Å². The lowest BCUT2D eigenvalue weighted by molar-refractivity contribution is 0.0694. The van der Waals surface area contributed by atoms with Gasteiger partial charge in [0.2, 0.25) is 0 Å². The van der Waals surface area contributed by atoms with Crippen molar-refractivity contribution in [1.29, 1.82) is 0 Å². The van der Waals surface area contributed by atoms with E-state index < -0.39 is 5.97 Å². The number of carbonyl (C=O) groups is 1. The van der Waals surface area contributed by atoms with Gasteiger partial charge >= 0.3 is 5.97 Å². The van der Waals surface area contributed by atoms with Gasteiger partial charge in [0.25, 0.3) is 0 Å². The fourth-order valence-electron chi connectivity index (χ4n) is 2.70. The molecule has 1 fully saturated rings. The van der Waals surface area contributed by atoms with Crippen molar-refractivity contribution in [1.82, 2.24) is 0 Å². The van der Waals surface area contributed by atoms with Gasteiger partial charge in [0.15, 0.2) is 0 Å². The average molecular weight is 295 g/mol. The maximum absolute atomic E-state index is 11.6. The number of carboxylic acids is 1. The number of hydrogen-bond acceptors (Lipinski definition) is 4. The van der Waals surface area contributed by atoms with Crippen LogP contribution in [-0.4, -0.2) is 43.6 Å². The maximum atomic E-state index is 11.6. The lowest BCUT2D eigenvalue weighted by Crippen LogP contribution is -2.23. The van der Waals surface area contributed by atoms with Crippen molar-refractivity contribution in [2.24, 2.45) is 5.92 Å². The molecular formula is C15H21NO3S. The molecule has 110 valence electrons. The summed E-state index contributed by atoms with van der Waals surface area (Å²) in [7, 11) is 1.71. The van der Waals surface area contributed by atoms with Crippen molar-refractivity contribution in [2.75, 3.05) is 37.5 Å². The Balaban J connectivity index is 2.27. The van der Waals surface area contributed by atoms with E-state index in [1.165, 1.54) is 0 Å². The van der Waals surface area contributed by atoms with Crippen molar-refractivity contribution in [3.8, 4) is 0 Å². The van der Waals surface area contributed by atoms with Gasteiger partial charge in [-0.2, -0.15) is 0 Å². The van der Waals surface area contributed by atoms with Crippen LogP contribution in [0.3, 0.4) is 0 Å². The molecule has 0 saturated carbocycles. The first-order valence-electron chi connectivity index (χ1n) is 6.90. The number of ether oxygens (including phenoxy) is 1. The zero-order chi connectivity index (χ0) is 14.5. The molecular weight excluding hydrogens is 274 g/mol. The van der Waals surface area contributed by atoms with Gasteiger partial charge in [-0.15, -0.1) is 11.8 Å². The van der Waals surface area contributed by atoms with Crippen molar-refractivity contribution >= 4 is 23.4 Å². The Kier molecular flexibility index (Phi) is 5.31. The summed E-state index contributed by atoms with van der Waals surface area (Å²) in [6.07, 6.45) is 1.05. The fraction of sp³-hybridized carbons (Fsp3) is 0.533. The zero-order valence-corrected chi connectivity index (χ0v) is 12.8. The van der Waals surface area contributed by atoms with Crippen LogP contribution in [-0.2, 0) is 4.74 Å². The van der Waals surface area contributed by atoms with Crippen molar-refractivity contribution in [3.05, 3.63) is 23.8 Å². The molecule has 0 aromatic heterocycles. The van der Waals surface area contributed by atoms with Gasteiger partial charge in [0.05, 0.1) is 17.9 Å². The number of aromatic carboxylic acids is 1. The SMILES string of the molecule is CCSc1cccc(N2CCC(COC)C2)c1C(=O)O. The van der Waals surface area contributed by atoms with E-state index in [1.807, 2.05) is 25.1 Å². The van der Waals surface area contributed by atoms with Gasteiger partial charge in [-0.1, -0.05) is 13.0 Å². The number of anilines is 1.